The average molecular weight is 493 g/mol. The molecule has 0 bridgehead atoms. The lowest BCUT2D eigenvalue weighted by Gasteiger charge is -2.13. The SMILES string of the molecule is CCCCOCCOCCNC(=NC)NCCc1ccccc1OCC.I. The third kappa shape index (κ3) is 12.9. The predicted octanol–water partition coefficient (Wildman–Crippen LogP) is 3.24. The van der Waals surface area contributed by atoms with E-state index in [1.165, 1.54) is 5.56 Å². The lowest BCUT2D eigenvalue weighted by Crippen LogP contribution is -2.39. The van der Waals surface area contributed by atoms with Crippen molar-refractivity contribution in [2.75, 3.05) is 53.2 Å². The molecule has 0 spiro atoms. The van der Waals surface area contributed by atoms with Crippen molar-refractivity contribution in [3.8, 4) is 5.75 Å². The van der Waals surface area contributed by atoms with E-state index in [1.54, 1.807) is 7.05 Å². The molecule has 1 aromatic carbocycles. The first kappa shape index (κ1) is 25.9. The summed E-state index contributed by atoms with van der Waals surface area (Å²) in [6.45, 7) is 9.08. The number of benzene rings is 1. The summed E-state index contributed by atoms with van der Waals surface area (Å²) >= 11 is 0. The van der Waals surface area contributed by atoms with Gasteiger partial charge in [-0.3, -0.25) is 4.99 Å². The molecule has 2 N–H and O–H groups in total. The molecule has 0 aromatic heterocycles. The Morgan fingerprint density at radius 3 is 2.37 bits per heavy atom. The Morgan fingerprint density at radius 2 is 1.67 bits per heavy atom. The van der Waals surface area contributed by atoms with Crippen LogP contribution < -0.4 is 15.4 Å². The average Bonchev–Trinajstić information content (AvgIpc) is 2.66. The van der Waals surface area contributed by atoms with Crippen LogP contribution in [0.1, 0.15) is 32.3 Å². The van der Waals surface area contributed by atoms with E-state index in [1.807, 2.05) is 25.1 Å². The number of nitrogens with one attached hydrogen (secondary N) is 2. The Labute approximate surface area is 181 Å². The summed E-state index contributed by atoms with van der Waals surface area (Å²) in [6.07, 6.45) is 3.15. The highest BCUT2D eigenvalue weighted by Crippen LogP contribution is 2.17. The molecule has 0 saturated heterocycles. The van der Waals surface area contributed by atoms with Gasteiger partial charge >= 0.3 is 0 Å². The standard InChI is InChI=1S/C20H35N3O3.HI/c1-4-6-14-24-16-17-25-15-13-23-20(21-3)22-12-11-18-9-7-8-10-19(18)26-5-2;/h7-10H,4-6,11-17H2,1-3H3,(H2,21,22,23);1H. The third-order valence-electron chi connectivity index (χ3n) is 3.74. The Morgan fingerprint density at radius 1 is 0.963 bits per heavy atom. The molecule has 0 aliphatic rings. The summed E-state index contributed by atoms with van der Waals surface area (Å²) in [5.41, 5.74) is 1.20. The van der Waals surface area contributed by atoms with Crippen molar-refractivity contribution in [2.45, 2.75) is 33.1 Å². The zero-order valence-corrected chi connectivity index (χ0v) is 19.3. The Bertz CT molecular complexity index is 501. The van der Waals surface area contributed by atoms with Gasteiger partial charge in [0.15, 0.2) is 5.96 Å². The van der Waals surface area contributed by atoms with Crippen LogP contribution in [-0.2, 0) is 15.9 Å². The van der Waals surface area contributed by atoms with E-state index >= 15 is 0 Å². The number of hydrogen-bond donors (Lipinski definition) is 2. The van der Waals surface area contributed by atoms with Crippen molar-refractivity contribution in [3.63, 3.8) is 0 Å². The van der Waals surface area contributed by atoms with E-state index in [2.05, 4.69) is 28.6 Å². The largest absolute Gasteiger partial charge is 0.494 e. The van der Waals surface area contributed by atoms with E-state index in [9.17, 15) is 0 Å². The van der Waals surface area contributed by atoms with E-state index in [4.69, 9.17) is 14.2 Å². The van der Waals surface area contributed by atoms with Crippen molar-refractivity contribution in [2.24, 2.45) is 4.99 Å². The fourth-order valence-electron chi connectivity index (χ4n) is 2.35. The van der Waals surface area contributed by atoms with Crippen LogP contribution in [0, 0.1) is 0 Å². The van der Waals surface area contributed by atoms with Crippen molar-refractivity contribution < 1.29 is 14.2 Å². The van der Waals surface area contributed by atoms with Gasteiger partial charge in [-0.25, -0.2) is 0 Å². The second-order valence-electron chi connectivity index (χ2n) is 5.79. The number of para-hydroxylation sites is 1. The number of nitrogens with zero attached hydrogens (tertiary/aromatic N) is 1. The molecule has 27 heavy (non-hydrogen) atoms. The Hall–Kier alpha value is -1.06. The van der Waals surface area contributed by atoms with Crippen LogP contribution in [0.3, 0.4) is 0 Å². The van der Waals surface area contributed by atoms with Crippen molar-refractivity contribution in [1.29, 1.82) is 0 Å². The molecule has 0 unspecified atom stereocenters. The van der Waals surface area contributed by atoms with Crippen LogP contribution in [0.5, 0.6) is 5.75 Å². The number of rotatable bonds is 14. The number of hydrogen-bond acceptors (Lipinski definition) is 4. The van der Waals surface area contributed by atoms with E-state index < -0.39 is 0 Å². The second kappa shape index (κ2) is 18.3. The van der Waals surface area contributed by atoms with Gasteiger partial charge in [-0.15, -0.1) is 24.0 Å². The van der Waals surface area contributed by atoms with Gasteiger partial charge in [-0.2, -0.15) is 0 Å². The van der Waals surface area contributed by atoms with Crippen LogP contribution in [0.25, 0.3) is 0 Å². The van der Waals surface area contributed by atoms with Crippen LogP contribution in [0.2, 0.25) is 0 Å². The molecule has 0 amide bonds. The highest BCUT2D eigenvalue weighted by atomic mass is 127. The summed E-state index contributed by atoms with van der Waals surface area (Å²) in [7, 11) is 1.77. The fraction of sp³-hybridized carbons (Fsp3) is 0.650. The molecule has 0 saturated carbocycles. The normalized spacial score (nSPS) is 11.0. The van der Waals surface area contributed by atoms with Gasteiger partial charge in [-0.1, -0.05) is 31.5 Å². The second-order valence-corrected chi connectivity index (χ2v) is 5.79. The molecule has 0 atom stereocenters. The third-order valence-corrected chi connectivity index (χ3v) is 3.74. The van der Waals surface area contributed by atoms with Gasteiger partial charge in [0.2, 0.25) is 0 Å². The van der Waals surface area contributed by atoms with Gasteiger partial charge in [-0.05, 0) is 31.4 Å². The first-order chi connectivity index (χ1) is 12.8. The Balaban J connectivity index is 0.00000676. The van der Waals surface area contributed by atoms with E-state index in [-0.39, 0.29) is 24.0 Å². The summed E-state index contributed by atoms with van der Waals surface area (Å²) < 4.78 is 16.6. The molecule has 1 aromatic rings. The molecule has 0 radical (unpaired) electrons. The summed E-state index contributed by atoms with van der Waals surface area (Å²) in [5, 5.41) is 6.56. The smallest absolute Gasteiger partial charge is 0.191 e. The minimum Gasteiger partial charge on any atom is -0.494 e. The monoisotopic (exact) mass is 493 g/mol. The maximum Gasteiger partial charge on any atom is 0.191 e. The summed E-state index contributed by atoms with van der Waals surface area (Å²) in [4.78, 5) is 4.23. The molecular weight excluding hydrogens is 457 g/mol. The molecule has 1 rings (SSSR count). The highest BCUT2D eigenvalue weighted by molar-refractivity contribution is 14.0. The molecule has 7 heteroatoms. The van der Waals surface area contributed by atoms with Crippen LogP contribution in [0.4, 0.5) is 0 Å². The van der Waals surface area contributed by atoms with Crippen molar-refractivity contribution in [3.05, 3.63) is 29.8 Å². The van der Waals surface area contributed by atoms with E-state index in [0.717, 1.165) is 44.1 Å². The van der Waals surface area contributed by atoms with Crippen LogP contribution in [0.15, 0.2) is 29.3 Å². The number of guanidine groups is 1. The summed E-state index contributed by atoms with van der Waals surface area (Å²) in [5.74, 6) is 1.73. The highest BCUT2D eigenvalue weighted by Gasteiger charge is 2.03. The lowest BCUT2D eigenvalue weighted by molar-refractivity contribution is 0.0487. The minimum absolute atomic E-state index is 0. The predicted molar refractivity (Wildman–Crippen MR) is 123 cm³/mol. The topological polar surface area (TPSA) is 64.1 Å². The number of ether oxygens (including phenoxy) is 3. The Kier molecular flexibility index (Phi) is 17.6. The lowest BCUT2D eigenvalue weighted by atomic mass is 10.1. The van der Waals surface area contributed by atoms with E-state index in [0.29, 0.717) is 33.0 Å². The summed E-state index contributed by atoms with van der Waals surface area (Å²) in [6, 6.07) is 8.14. The number of aliphatic imine (C=N–C) groups is 1. The van der Waals surface area contributed by atoms with Gasteiger partial charge in [0.1, 0.15) is 5.75 Å². The van der Waals surface area contributed by atoms with Crippen LogP contribution in [-0.4, -0.2) is 59.1 Å². The maximum atomic E-state index is 5.65. The van der Waals surface area contributed by atoms with Gasteiger partial charge in [0, 0.05) is 26.7 Å². The van der Waals surface area contributed by atoms with Crippen molar-refractivity contribution in [1.82, 2.24) is 10.6 Å². The van der Waals surface area contributed by atoms with Gasteiger partial charge < -0.3 is 24.8 Å². The fourth-order valence-corrected chi connectivity index (χ4v) is 2.35. The molecule has 0 aliphatic carbocycles. The number of halogens is 1. The van der Waals surface area contributed by atoms with Gasteiger partial charge in [0.25, 0.3) is 0 Å². The first-order valence-electron chi connectivity index (χ1n) is 9.62. The minimum atomic E-state index is 0. The van der Waals surface area contributed by atoms with Crippen molar-refractivity contribution >= 4 is 29.9 Å². The zero-order chi connectivity index (χ0) is 18.9. The molecule has 0 aliphatic heterocycles. The molecule has 0 fully saturated rings. The van der Waals surface area contributed by atoms with Gasteiger partial charge in [0.05, 0.1) is 26.4 Å². The molecule has 0 heterocycles. The quantitative estimate of drug-likeness (QED) is 0.180. The van der Waals surface area contributed by atoms with Crippen LogP contribution >= 0.6 is 24.0 Å². The molecule has 6 nitrogen and oxygen atoms in total. The zero-order valence-electron chi connectivity index (χ0n) is 17.0. The molecule has 156 valence electrons. The maximum absolute atomic E-state index is 5.65. The number of unbranched alkanes of at least 4 members (excludes halogenated alkanes) is 1. The first-order valence-corrected chi connectivity index (χ1v) is 9.62. The molecular formula is C20H36IN3O3.